The van der Waals surface area contributed by atoms with E-state index < -0.39 is 0 Å². The van der Waals surface area contributed by atoms with Crippen LogP contribution in [-0.2, 0) is 11.2 Å². The van der Waals surface area contributed by atoms with Crippen LogP contribution in [-0.4, -0.2) is 17.2 Å². The van der Waals surface area contributed by atoms with Crippen LogP contribution in [0.4, 0.5) is 0 Å². The summed E-state index contributed by atoms with van der Waals surface area (Å²) in [6.45, 7) is 4.49. The molecule has 1 aliphatic rings. The molecule has 0 spiro atoms. The van der Waals surface area contributed by atoms with Crippen molar-refractivity contribution in [2.75, 3.05) is 0 Å². The van der Waals surface area contributed by atoms with Crippen molar-refractivity contribution >= 4 is 18.5 Å². The predicted molar refractivity (Wildman–Crippen MR) is 82.4 cm³/mol. The molecule has 1 aromatic carbocycles. The molecular weight excluding hydrogens is 254 g/mol. The lowest BCUT2D eigenvalue weighted by Gasteiger charge is -2.21. The first-order valence-electron chi connectivity index (χ1n) is 7.10. The molecule has 0 aliphatic heterocycles. The molecule has 1 amide bonds. The van der Waals surface area contributed by atoms with Gasteiger partial charge in [-0.3, -0.25) is 4.79 Å². The number of rotatable bonds is 4. The van der Waals surface area contributed by atoms with Gasteiger partial charge in [-0.05, 0) is 36.7 Å². The maximum atomic E-state index is 12.2. The summed E-state index contributed by atoms with van der Waals surface area (Å²) in [7, 11) is 0. The summed E-state index contributed by atoms with van der Waals surface area (Å²) in [5.41, 5.74) is 1.16. The summed E-state index contributed by atoms with van der Waals surface area (Å²) in [6.07, 6.45) is 2.99. The van der Waals surface area contributed by atoms with E-state index in [-0.39, 0.29) is 11.2 Å². The average Bonchev–Trinajstić information content (AvgIpc) is 2.72. The van der Waals surface area contributed by atoms with Gasteiger partial charge in [-0.15, -0.1) is 0 Å². The first-order chi connectivity index (χ1) is 9.08. The van der Waals surface area contributed by atoms with Crippen LogP contribution in [0, 0.1) is 11.8 Å². The fourth-order valence-corrected chi connectivity index (χ4v) is 3.06. The monoisotopic (exact) mass is 277 g/mol. The smallest absolute Gasteiger partial charge is 0.233 e. The summed E-state index contributed by atoms with van der Waals surface area (Å²) in [5, 5.41) is 2.90. The van der Waals surface area contributed by atoms with Gasteiger partial charge in [0.25, 0.3) is 0 Å². The second-order valence-corrected chi connectivity index (χ2v) is 6.36. The van der Waals surface area contributed by atoms with Crippen molar-refractivity contribution in [1.29, 1.82) is 0 Å². The molecule has 1 saturated carbocycles. The highest BCUT2D eigenvalue weighted by Crippen LogP contribution is 2.31. The summed E-state index contributed by atoms with van der Waals surface area (Å²) < 4.78 is 0. The van der Waals surface area contributed by atoms with Crippen LogP contribution in [0.5, 0.6) is 0 Å². The van der Waals surface area contributed by atoms with Crippen molar-refractivity contribution in [3.8, 4) is 0 Å². The molecule has 2 rings (SSSR count). The molecule has 1 aromatic rings. The molecule has 0 saturated heterocycles. The Morgan fingerprint density at radius 2 is 2.00 bits per heavy atom. The van der Waals surface area contributed by atoms with E-state index in [9.17, 15) is 4.79 Å². The van der Waals surface area contributed by atoms with Crippen LogP contribution in [0.3, 0.4) is 0 Å². The van der Waals surface area contributed by atoms with Crippen molar-refractivity contribution in [3.05, 3.63) is 35.9 Å². The summed E-state index contributed by atoms with van der Waals surface area (Å²) in [6, 6.07) is 10.4. The normalized spacial score (nSPS) is 28.1. The third-order valence-corrected chi connectivity index (χ3v) is 4.78. The van der Waals surface area contributed by atoms with E-state index in [0.29, 0.717) is 24.3 Å². The molecule has 0 aromatic heterocycles. The minimum absolute atomic E-state index is 0.0677. The molecule has 19 heavy (non-hydrogen) atoms. The Morgan fingerprint density at radius 3 is 2.58 bits per heavy atom. The van der Waals surface area contributed by atoms with Crippen molar-refractivity contribution in [2.45, 2.75) is 44.4 Å². The van der Waals surface area contributed by atoms with Gasteiger partial charge < -0.3 is 5.32 Å². The fraction of sp³-hybridized carbons (Fsp3) is 0.562. The SMILES string of the molecule is CC1CCC(NC(=O)C(S)Cc2ccccc2)C1C. The third kappa shape index (κ3) is 3.75. The Balaban J connectivity index is 1.86. The summed E-state index contributed by atoms with van der Waals surface area (Å²) >= 11 is 4.45. The largest absolute Gasteiger partial charge is 0.352 e. The molecule has 1 fully saturated rings. The molecule has 2 nitrogen and oxygen atoms in total. The zero-order chi connectivity index (χ0) is 13.8. The Hall–Kier alpha value is -0.960. The molecule has 0 bridgehead atoms. The van der Waals surface area contributed by atoms with E-state index in [1.807, 2.05) is 30.3 Å². The zero-order valence-corrected chi connectivity index (χ0v) is 12.6. The van der Waals surface area contributed by atoms with Crippen molar-refractivity contribution in [2.24, 2.45) is 11.8 Å². The maximum Gasteiger partial charge on any atom is 0.233 e. The van der Waals surface area contributed by atoms with Crippen LogP contribution in [0.25, 0.3) is 0 Å². The number of carbonyl (C=O) groups is 1. The van der Waals surface area contributed by atoms with Gasteiger partial charge in [0.1, 0.15) is 0 Å². The average molecular weight is 277 g/mol. The molecule has 1 N–H and O–H groups in total. The van der Waals surface area contributed by atoms with E-state index >= 15 is 0 Å². The van der Waals surface area contributed by atoms with Gasteiger partial charge in [-0.2, -0.15) is 12.6 Å². The van der Waals surface area contributed by atoms with Crippen molar-refractivity contribution in [1.82, 2.24) is 5.32 Å². The molecule has 0 heterocycles. The highest BCUT2D eigenvalue weighted by atomic mass is 32.1. The van der Waals surface area contributed by atoms with E-state index in [1.54, 1.807) is 0 Å². The molecule has 104 valence electrons. The topological polar surface area (TPSA) is 29.1 Å². The van der Waals surface area contributed by atoms with E-state index in [2.05, 4.69) is 31.8 Å². The van der Waals surface area contributed by atoms with E-state index in [0.717, 1.165) is 12.0 Å². The highest BCUT2D eigenvalue weighted by Gasteiger charge is 2.31. The van der Waals surface area contributed by atoms with Gasteiger partial charge in [0.15, 0.2) is 0 Å². The van der Waals surface area contributed by atoms with E-state index in [4.69, 9.17) is 0 Å². The lowest BCUT2D eigenvalue weighted by molar-refractivity contribution is -0.121. The predicted octanol–water partition coefficient (Wildman–Crippen LogP) is 3.08. The molecule has 4 unspecified atom stereocenters. The zero-order valence-electron chi connectivity index (χ0n) is 11.7. The number of hydrogen-bond donors (Lipinski definition) is 2. The number of thiol groups is 1. The standard InChI is InChI=1S/C16H23NOS/c1-11-8-9-14(12(11)2)17-16(18)15(19)10-13-6-4-3-5-7-13/h3-7,11-12,14-15,19H,8-10H2,1-2H3,(H,17,18). The van der Waals surface area contributed by atoms with Crippen molar-refractivity contribution < 1.29 is 4.79 Å². The molecular formula is C16H23NOS. The molecule has 4 atom stereocenters. The highest BCUT2D eigenvalue weighted by molar-refractivity contribution is 7.81. The van der Waals surface area contributed by atoms with Gasteiger partial charge in [0.05, 0.1) is 5.25 Å². The first-order valence-corrected chi connectivity index (χ1v) is 7.62. The van der Waals surface area contributed by atoms with Crippen LogP contribution in [0.1, 0.15) is 32.3 Å². The summed E-state index contributed by atoms with van der Waals surface area (Å²) in [4.78, 5) is 12.2. The second kappa shape index (κ2) is 6.47. The Morgan fingerprint density at radius 1 is 1.32 bits per heavy atom. The Bertz CT molecular complexity index is 420. The van der Waals surface area contributed by atoms with Crippen LogP contribution in [0.15, 0.2) is 30.3 Å². The minimum Gasteiger partial charge on any atom is -0.352 e. The first kappa shape index (κ1) is 14.4. The van der Waals surface area contributed by atoms with Gasteiger partial charge >= 0.3 is 0 Å². The maximum absolute atomic E-state index is 12.2. The minimum atomic E-state index is -0.259. The van der Waals surface area contributed by atoms with Crippen LogP contribution in [0.2, 0.25) is 0 Å². The van der Waals surface area contributed by atoms with Gasteiger partial charge in [0.2, 0.25) is 5.91 Å². The number of carbonyl (C=O) groups excluding carboxylic acids is 1. The summed E-state index contributed by atoms with van der Waals surface area (Å²) in [5.74, 6) is 1.34. The number of benzene rings is 1. The molecule has 0 radical (unpaired) electrons. The lowest BCUT2D eigenvalue weighted by Crippen LogP contribution is -2.42. The number of amides is 1. The van der Waals surface area contributed by atoms with Crippen LogP contribution >= 0.6 is 12.6 Å². The third-order valence-electron chi connectivity index (χ3n) is 4.37. The quantitative estimate of drug-likeness (QED) is 0.814. The second-order valence-electron chi connectivity index (χ2n) is 5.73. The fourth-order valence-electron chi connectivity index (χ4n) is 2.78. The van der Waals surface area contributed by atoms with Gasteiger partial charge in [0, 0.05) is 6.04 Å². The number of nitrogens with one attached hydrogen (secondary N) is 1. The Labute approximate surface area is 121 Å². The number of hydrogen-bond acceptors (Lipinski definition) is 2. The molecule has 3 heteroatoms. The van der Waals surface area contributed by atoms with Gasteiger partial charge in [-0.25, -0.2) is 0 Å². The van der Waals surface area contributed by atoms with Crippen LogP contribution < -0.4 is 5.32 Å². The van der Waals surface area contributed by atoms with Gasteiger partial charge in [-0.1, -0.05) is 44.2 Å². The van der Waals surface area contributed by atoms with E-state index in [1.165, 1.54) is 6.42 Å². The molecule has 1 aliphatic carbocycles. The van der Waals surface area contributed by atoms with Crippen molar-refractivity contribution in [3.63, 3.8) is 0 Å². The Kier molecular flexibility index (Phi) is 4.92. The lowest BCUT2D eigenvalue weighted by atomic mass is 9.97.